The lowest BCUT2D eigenvalue weighted by Crippen LogP contribution is -2.19. The molecule has 8 heteroatoms. The fraction of sp³-hybridized carbons (Fsp3) is 0.429. The van der Waals surface area contributed by atoms with Crippen molar-refractivity contribution in [3.05, 3.63) is 59.7 Å². The van der Waals surface area contributed by atoms with E-state index in [-0.39, 0.29) is 23.8 Å². The van der Waals surface area contributed by atoms with Gasteiger partial charge in [-0.3, -0.25) is 9.59 Å². The van der Waals surface area contributed by atoms with E-state index in [9.17, 15) is 9.59 Å². The summed E-state index contributed by atoms with van der Waals surface area (Å²) in [7, 11) is 0. The van der Waals surface area contributed by atoms with Crippen molar-refractivity contribution in [2.45, 2.75) is 57.5 Å². The zero-order valence-corrected chi connectivity index (χ0v) is 20.4. The minimum atomic E-state index is -0.700. The third-order valence-corrected chi connectivity index (χ3v) is 6.60. The van der Waals surface area contributed by atoms with Crippen molar-refractivity contribution in [2.75, 3.05) is 17.2 Å². The van der Waals surface area contributed by atoms with Gasteiger partial charge in [0.25, 0.3) is 0 Å². The highest BCUT2D eigenvalue weighted by molar-refractivity contribution is 5.73. The van der Waals surface area contributed by atoms with Gasteiger partial charge >= 0.3 is 11.9 Å². The number of hydrogen-bond acceptors (Lipinski definition) is 7. The van der Waals surface area contributed by atoms with E-state index in [2.05, 4.69) is 22.8 Å². The Morgan fingerprint density at radius 2 is 1.28 bits per heavy atom. The van der Waals surface area contributed by atoms with Gasteiger partial charge < -0.3 is 20.5 Å². The number of carbonyl (C=O) groups is 2. The summed E-state index contributed by atoms with van der Waals surface area (Å²) < 4.78 is 5.05. The van der Waals surface area contributed by atoms with Crippen LogP contribution in [0.25, 0.3) is 0 Å². The molecule has 0 aromatic heterocycles. The Morgan fingerprint density at radius 3 is 1.67 bits per heavy atom. The first-order valence-corrected chi connectivity index (χ1v) is 12.3. The molecule has 2 aromatic carbocycles. The smallest absolute Gasteiger partial charge is 0.308 e. The Labute approximate surface area is 211 Å². The van der Waals surface area contributed by atoms with Crippen LogP contribution in [0.1, 0.15) is 56.6 Å². The molecule has 0 radical (unpaired) electrons. The van der Waals surface area contributed by atoms with E-state index in [0.717, 1.165) is 43.5 Å². The van der Waals surface area contributed by atoms with Gasteiger partial charge in [-0.25, -0.2) is 0 Å². The maximum Gasteiger partial charge on any atom is 0.308 e. The lowest BCUT2D eigenvalue weighted by molar-refractivity contribution is -0.147. The van der Waals surface area contributed by atoms with Gasteiger partial charge in [-0.15, -0.1) is 0 Å². The van der Waals surface area contributed by atoms with Crippen LogP contribution < -0.4 is 10.6 Å². The number of hydrogen-bond donors (Lipinski definition) is 3. The Hall–Kier alpha value is -4.04. The summed E-state index contributed by atoms with van der Waals surface area (Å²) in [4.78, 5) is 22.5. The Kier molecular flexibility index (Phi) is 9.71. The van der Waals surface area contributed by atoms with Crippen LogP contribution in [-0.4, -0.2) is 35.7 Å². The molecule has 4 atom stereocenters. The predicted octanol–water partition coefficient (Wildman–Crippen LogP) is 4.93. The lowest BCUT2D eigenvalue weighted by Gasteiger charge is -2.14. The molecule has 36 heavy (non-hydrogen) atoms. The molecule has 2 fully saturated rings. The number of nitrogens with one attached hydrogen (secondary N) is 2. The van der Waals surface area contributed by atoms with Crippen LogP contribution in [0.15, 0.2) is 48.5 Å². The Bertz CT molecular complexity index is 1100. The fourth-order valence-corrected chi connectivity index (χ4v) is 4.68. The molecule has 2 aliphatic rings. The first-order chi connectivity index (χ1) is 17.4. The molecule has 0 saturated heterocycles. The van der Waals surface area contributed by atoms with Gasteiger partial charge in [0.05, 0.1) is 41.7 Å². The molecule has 4 rings (SSSR count). The highest BCUT2D eigenvalue weighted by Gasteiger charge is 2.31. The summed E-state index contributed by atoms with van der Waals surface area (Å²) in [5, 5.41) is 33.0. The van der Waals surface area contributed by atoms with Gasteiger partial charge in [-0.1, -0.05) is 0 Å². The molecule has 0 spiro atoms. The number of aliphatic carboxylic acids is 1. The molecule has 2 saturated carbocycles. The van der Waals surface area contributed by atoms with Gasteiger partial charge in [0.15, 0.2) is 0 Å². The average molecular weight is 489 g/mol. The van der Waals surface area contributed by atoms with E-state index >= 15 is 0 Å². The molecule has 2 aliphatic carbocycles. The lowest BCUT2D eigenvalue weighted by atomic mass is 10.1. The van der Waals surface area contributed by atoms with E-state index in [4.69, 9.17) is 20.4 Å². The molecule has 0 heterocycles. The summed E-state index contributed by atoms with van der Waals surface area (Å²) in [6.45, 7) is 2.28. The van der Waals surface area contributed by atoms with Crippen LogP contribution in [0.4, 0.5) is 11.4 Å². The molecule has 8 nitrogen and oxygen atoms in total. The second-order valence-corrected chi connectivity index (χ2v) is 9.17. The third-order valence-electron chi connectivity index (χ3n) is 6.60. The standard InChI is InChI=1S/C15H18N2O2.C13H14N2O2/c1-2-19-15(18)12-5-8-14(9-12)17-13-6-3-11(10-16)4-7-13;14-8-9-1-4-11(5-2-9)15-12-6-3-10(7-12)13(16)17/h3-4,6-7,12,14,17H,2,5,8-9H2,1H3;1-2,4-5,10,12,15H,3,6-7H2,(H,16,17)/t12-,14+;10-,12+/m00/s1. The van der Waals surface area contributed by atoms with E-state index < -0.39 is 5.97 Å². The SMILES string of the molecule is CCOC(=O)[C@H]1CC[C@@H](Nc2ccc(C#N)cc2)C1.N#Cc1ccc(N[C@@H]2CC[C@H](C(=O)O)C2)cc1. The second-order valence-electron chi connectivity index (χ2n) is 9.17. The Morgan fingerprint density at radius 1 is 0.833 bits per heavy atom. The van der Waals surface area contributed by atoms with Gasteiger partial charge in [0, 0.05) is 23.5 Å². The summed E-state index contributed by atoms with van der Waals surface area (Å²) in [6.07, 6.45) is 4.98. The first kappa shape index (κ1) is 26.6. The van der Waals surface area contributed by atoms with Crippen molar-refractivity contribution in [3.8, 4) is 12.1 Å². The van der Waals surface area contributed by atoms with Crippen molar-refractivity contribution >= 4 is 23.3 Å². The topological polar surface area (TPSA) is 135 Å². The summed E-state index contributed by atoms with van der Waals surface area (Å²) in [6, 6.07) is 19.3. The van der Waals surface area contributed by atoms with Crippen LogP contribution in [0, 0.1) is 34.5 Å². The molecule has 0 amide bonds. The molecular formula is C28H32N4O4. The minimum Gasteiger partial charge on any atom is -0.481 e. The third kappa shape index (κ3) is 7.74. The molecule has 0 bridgehead atoms. The molecule has 0 aliphatic heterocycles. The van der Waals surface area contributed by atoms with Crippen molar-refractivity contribution in [1.29, 1.82) is 10.5 Å². The summed E-state index contributed by atoms with van der Waals surface area (Å²) in [5.74, 6) is -0.970. The minimum absolute atomic E-state index is 0.0239. The van der Waals surface area contributed by atoms with Crippen LogP contribution >= 0.6 is 0 Å². The normalized spacial score (nSPS) is 22.3. The molecule has 2 aromatic rings. The van der Waals surface area contributed by atoms with Crippen LogP contribution in [0.5, 0.6) is 0 Å². The quantitative estimate of drug-likeness (QED) is 0.467. The van der Waals surface area contributed by atoms with Gasteiger partial charge in [-0.2, -0.15) is 10.5 Å². The molecule has 0 unspecified atom stereocenters. The van der Waals surface area contributed by atoms with E-state index in [1.54, 1.807) is 24.3 Å². The van der Waals surface area contributed by atoms with Crippen LogP contribution in [0.2, 0.25) is 0 Å². The zero-order chi connectivity index (χ0) is 25.9. The Balaban J connectivity index is 0.000000202. The zero-order valence-electron chi connectivity index (χ0n) is 20.4. The number of nitrogens with zero attached hydrogens (tertiary/aromatic N) is 2. The number of ether oxygens (including phenoxy) is 1. The monoisotopic (exact) mass is 488 g/mol. The van der Waals surface area contributed by atoms with E-state index in [0.29, 0.717) is 30.2 Å². The number of nitriles is 2. The predicted molar refractivity (Wildman–Crippen MR) is 136 cm³/mol. The van der Waals surface area contributed by atoms with Crippen molar-refractivity contribution in [2.24, 2.45) is 11.8 Å². The van der Waals surface area contributed by atoms with Gasteiger partial charge in [-0.05, 0) is 94.0 Å². The first-order valence-electron chi connectivity index (χ1n) is 12.3. The average Bonchev–Trinajstić information content (AvgIpc) is 3.56. The number of carboxylic acids is 1. The van der Waals surface area contributed by atoms with Crippen LogP contribution in [-0.2, 0) is 14.3 Å². The van der Waals surface area contributed by atoms with Crippen molar-refractivity contribution in [3.63, 3.8) is 0 Å². The van der Waals surface area contributed by atoms with Crippen LogP contribution in [0.3, 0.4) is 0 Å². The fourth-order valence-electron chi connectivity index (χ4n) is 4.68. The van der Waals surface area contributed by atoms with Crippen molar-refractivity contribution in [1.82, 2.24) is 0 Å². The number of carboxylic acid groups (broad SMARTS) is 1. The van der Waals surface area contributed by atoms with Crippen molar-refractivity contribution < 1.29 is 19.4 Å². The maximum atomic E-state index is 11.6. The highest BCUT2D eigenvalue weighted by atomic mass is 16.5. The summed E-state index contributed by atoms with van der Waals surface area (Å²) >= 11 is 0. The summed E-state index contributed by atoms with van der Waals surface area (Å²) in [5.41, 5.74) is 3.22. The maximum absolute atomic E-state index is 11.6. The number of anilines is 2. The van der Waals surface area contributed by atoms with E-state index in [1.807, 2.05) is 31.2 Å². The number of rotatable bonds is 7. The van der Waals surface area contributed by atoms with Gasteiger partial charge in [0.1, 0.15) is 0 Å². The largest absolute Gasteiger partial charge is 0.481 e. The number of esters is 1. The van der Waals surface area contributed by atoms with Gasteiger partial charge in [0.2, 0.25) is 0 Å². The molecule has 188 valence electrons. The number of carbonyl (C=O) groups excluding carboxylic acids is 1. The van der Waals surface area contributed by atoms with E-state index in [1.165, 1.54) is 0 Å². The number of benzene rings is 2. The molecule has 3 N–H and O–H groups in total. The molecular weight excluding hydrogens is 456 g/mol. The highest BCUT2D eigenvalue weighted by Crippen LogP contribution is 2.30. The second kappa shape index (κ2) is 13.2.